The summed E-state index contributed by atoms with van der Waals surface area (Å²) in [6, 6.07) is 1.86. The Morgan fingerprint density at radius 1 is 1.43 bits per heavy atom. The van der Waals surface area contributed by atoms with Gasteiger partial charge in [-0.2, -0.15) is 5.10 Å². The average molecular weight is 331 g/mol. The standard InChI is InChI=1S/C15H17N5O2S/c1-10-13(11(2)22-19-10)8-14(21)16-6-4-12-9-23-15(18-12)20-7-3-5-17-20/h3,5,7,9H,4,6,8H2,1-2H3,(H,16,21). The number of aryl methyl sites for hydroxylation is 2. The van der Waals surface area contributed by atoms with E-state index in [4.69, 9.17) is 4.52 Å². The molecule has 7 nitrogen and oxygen atoms in total. The molecule has 3 aromatic rings. The summed E-state index contributed by atoms with van der Waals surface area (Å²) >= 11 is 1.53. The van der Waals surface area contributed by atoms with E-state index >= 15 is 0 Å². The molecule has 0 aliphatic rings. The van der Waals surface area contributed by atoms with Crippen LogP contribution < -0.4 is 5.32 Å². The molecule has 3 heterocycles. The zero-order chi connectivity index (χ0) is 16.2. The van der Waals surface area contributed by atoms with Crippen molar-refractivity contribution in [2.75, 3.05) is 6.54 Å². The minimum Gasteiger partial charge on any atom is -0.361 e. The van der Waals surface area contributed by atoms with Crippen LogP contribution in [-0.4, -0.2) is 32.4 Å². The van der Waals surface area contributed by atoms with E-state index in [1.54, 1.807) is 10.9 Å². The molecule has 0 aromatic carbocycles. The van der Waals surface area contributed by atoms with Crippen LogP contribution in [0.15, 0.2) is 28.4 Å². The third-order valence-corrected chi connectivity index (χ3v) is 4.34. The van der Waals surface area contributed by atoms with Gasteiger partial charge in [0.25, 0.3) is 0 Å². The van der Waals surface area contributed by atoms with Crippen molar-refractivity contribution in [2.24, 2.45) is 0 Å². The Hall–Kier alpha value is -2.48. The monoisotopic (exact) mass is 331 g/mol. The average Bonchev–Trinajstić information content (AvgIpc) is 3.25. The minimum atomic E-state index is -0.0399. The summed E-state index contributed by atoms with van der Waals surface area (Å²) in [4.78, 5) is 16.5. The number of carbonyl (C=O) groups is 1. The van der Waals surface area contributed by atoms with Gasteiger partial charge in [-0.1, -0.05) is 5.16 Å². The van der Waals surface area contributed by atoms with Gasteiger partial charge >= 0.3 is 0 Å². The highest BCUT2D eigenvalue weighted by molar-refractivity contribution is 7.12. The van der Waals surface area contributed by atoms with Crippen molar-refractivity contribution < 1.29 is 9.32 Å². The smallest absolute Gasteiger partial charge is 0.224 e. The van der Waals surface area contributed by atoms with Crippen molar-refractivity contribution in [2.45, 2.75) is 26.7 Å². The predicted molar refractivity (Wildman–Crippen MR) is 85.6 cm³/mol. The first-order valence-electron chi connectivity index (χ1n) is 7.26. The fraction of sp³-hybridized carbons (Fsp3) is 0.333. The molecule has 0 spiro atoms. The lowest BCUT2D eigenvalue weighted by atomic mass is 10.1. The first-order valence-corrected chi connectivity index (χ1v) is 8.14. The second kappa shape index (κ2) is 6.74. The van der Waals surface area contributed by atoms with Crippen molar-refractivity contribution in [3.05, 3.63) is 46.6 Å². The molecule has 120 valence electrons. The molecule has 0 atom stereocenters. The fourth-order valence-corrected chi connectivity index (χ4v) is 3.00. The maximum absolute atomic E-state index is 12.0. The molecule has 1 amide bonds. The fourth-order valence-electron chi connectivity index (χ4n) is 2.21. The lowest BCUT2D eigenvalue weighted by Gasteiger charge is -2.03. The van der Waals surface area contributed by atoms with Crippen LogP contribution >= 0.6 is 11.3 Å². The van der Waals surface area contributed by atoms with Crippen LogP contribution in [0.5, 0.6) is 0 Å². The maximum Gasteiger partial charge on any atom is 0.224 e. The Morgan fingerprint density at radius 2 is 2.30 bits per heavy atom. The van der Waals surface area contributed by atoms with Gasteiger partial charge in [0.15, 0.2) is 0 Å². The maximum atomic E-state index is 12.0. The van der Waals surface area contributed by atoms with E-state index in [9.17, 15) is 4.79 Å². The first kappa shape index (κ1) is 15.4. The van der Waals surface area contributed by atoms with Gasteiger partial charge in [-0.05, 0) is 19.9 Å². The second-order valence-corrected chi connectivity index (χ2v) is 5.99. The van der Waals surface area contributed by atoms with E-state index in [1.165, 1.54) is 11.3 Å². The van der Waals surface area contributed by atoms with E-state index < -0.39 is 0 Å². The molecule has 0 aliphatic heterocycles. The van der Waals surface area contributed by atoms with E-state index in [0.29, 0.717) is 18.7 Å². The topological polar surface area (TPSA) is 85.8 Å². The van der Waals surface area contributed by atoms with Crippen molar-refractivity contribution in [3.8, 4) is 5.13 Å². The third-order valence-electron chi connectivity index (χ3n) is 3.46. The highest BCUT2D eigenvalue weighted by Crippen LogP contribution is 2.14. The van der Waals surface area contributed by atoms with Gasteiger partial charge in [-0.3, -0.25) is 4.79 Å². The Balaban J connectivity index is 1.49. The minimum absolute atomic E-state index is 0.0399. The molecule has 8 heteroatoms. The molecule has 0 unspecified atom stereocenters. The van der Waals surface area contributed by atoms with Gasteiger partial charge in [-0.25, -0.2) is 9.67 Å². The molecule has 0 aliphatic carbocycles. The number of aromatic nitrogens is 4. The molecular weight excluding hydrogens is 314 g/mol. The van der Waals surface area contributed by atoms with E-state index in [2.05, 4.69) is 20.6 Å². The van der Waals surface area contributed by atoms with Crippen molar-refractivity contribution in [1.29, 1.82) is 0 Å². The SMILES string of the molecule is Cc1noc(C)c1CC(=O)NCCc1csc(-n2cccn2)n1. The number of hydrogen-bond acceptors (Lipinski definition) is 6. The lowest BCUT2D eigenvalue weighted by Crippen LogP contribution is -2.27. The summed E-state index contributed by atoms with van der Waals surface area (Å²) in [5.41, 5.74) is 2.57. The van der Waals surface area contributed by atoms with Crippen molar-refractivity contribution in [3.63, 3.8) is 0 Å². The quantitative estimate of drug-likeness (QED) is 0.745. The summed E-state index contributed by atoms with van der Waals surface area (Å²) in [6.07, 6.45) is 4.55. The second-order valence-electron chi connectivity index (χ2n) is 5.15. The van der Waals surface area contributed by atoms with E-state index in [-0.39, 0.29) is 12.3 Å². The number of hydrogen-bond donors (Lipinski definition) is 1. The number of rotatable bonds is 6. The van der Waals surface area contributed by atoms with Gasteiger partial charge in [0.1, 0.15) is 5.76 Å². The highest BCUT2D eigenvalue weighted by atomic mass is 32.1. The van der Waals surface area contributed by atoms with Crippen LogP contribution in [0, 0.1) is 13.8 Å². The molecule has 0 fully saturated rings. The Morgan fingerprint density at radius 3 is 3.00 bits per heavy atom. The molecule has 0 saturated heterocycles. The molecule has 0 saturated carbocycles. The zero-order valence-corrected chi connectivity index (χ0v) is 13.8. The normalized spacial score (nSPS) is 10.9. The zero-order valence-electron chi connectivity index (χ0n) is 12.9. The molecule has 0 radical (unpaired) electrons. The summed E-state index contributed by atoms with van der Waals surface area (Å²) in [7, 11) is 0. The molecule has 23 heavy (non-hydrogen) atoms. The van der Waals surface area contributed by atoms with Crippen molar-refractivity contribution >= 4 is 17.2 Å². The Bertz CT molecular complexity index is 771. The van der Waals surface area contributed by atoms with Crippen LogP contribution in [-0.2, 0) is 17.6 Å². The van der Waals surface area contributed by atoms with Crippen LogP contribution in [0.4, 0.5) is 0 Å². The van der Waals surface area contributed by atoms with Crippen molar-refractivity contribution in [1.82, 2.24) is 25.2 Å². The largest absolute Gasteiger partial charge is 0.361 e. The highest BCUT2D eigenvalue weighted by Gasteiger charge is 2.13. The van der Waals surface area contributed by atoms with Gasteiger partial charge in [0.2, 0.25) is 11.0 Å². The van der Waals surface area contributed by atoms with Crippen LogP contribution in [0.3, 0.4) is 0 Å². The molecule has 3 rings (SSSR count). The number of nitrogens with zero attached hydrogens (tertiary/aromatic N) is 4. The third kappa shape index (κ3) is 3.65. The Labute approximate surface area is 137 Å². The number of amides is 1. The predicted octanol–water partition coefficient (Wildman–Crippen LogP) is 1.84. The van der Waals surface area contributed by atoms with Crippen LogP contribution in [0.25, 0.3) is 5.13 Å². The number of nitrogens with one attached hydrogen (secondary N) is 1. The first-order chi connectivity index (χ1) is 11.1. The molecular formula is C15H17N5O2S. The van der Waals surface area contributed by atoms with Crippen LogP contribution in [0.2, 0.25) is 0 Å². The summed E-state index contributed by atoms with van der Waals surface area (Å²) < 4.78 is 6.79. The molecule has 3 aromatic heterocycles. The summed E-state index contributed by atoms with van der Waals surface area (Å²) in [5, 5.41) is 13.7. The number of carbonyl (C=O) groups excluding carboxylic acids is 1. The van der Waals surface area contributed by atoms with Gasteiger partial charge < -0.3 is 9.84 Å². The van der Waals surface area contributed by atoms with Gasteiger partial charge in [0.05, 0.1) is 17.8 Å². The summed E-state index contributed by atoms with van der Waals surface area (Å²) in [6.45, 7) is 4.20. The lowest BCUT2D eigenvalue weighted by molar-refractivity contribution is -0.120. The van der Waals surface area contributed by atoms with Crippen LogP contribution in [0.1, 0.15) is 22.7 Å². The summed E-state index contributed by atoms with van der Waals surface area (Å²) in [5.74, 6) is 0.656. The van der Waals surface area contributed by atoms with Gasteiger partial charge in [0, 0.05) is 36.3 Å². The molecule has 1 N–H and O–H groups in total. The van der Waals surface area contributed by atoms with Gasteiger partial charge in [-0.15, -0.1) is 11.3 Å². The van der Waals surface area contributed by atoms with E-state index in [0.717, 1.165) is 22.1 Å². The number of thiazole rings is 1. The molecule has 0 bridgehead atoms. The Kier molecular flexibility index (Phi) is 4.52. The van der Waals surface area contributed by atoms with E-state index in [1.807, 2.05) is 31.5 Å².